The van der Waals surface area contributed by atoms with Gasteiger partial charge in [0.2, 0.25) is 5.91 Å². The van der Waals surface area contributed by atoms with Crippen LogP contribution in [0.15, 0.2) is 76.3 Å². The largest absolute Gasteiger partial charge is 0.507 e. The zero-order valence-corrected chi connectivity index (χ0v) is 41.2. The molecule has 2 amide bonds. The molecule has 14 heteroatoms. The summed E-state index contributed by atoms with van der Waals surface area (Å²) < 4.78 is 11.9. The molecule has 3 aromatic carbocycles. The molecule has 14 nitrogen and oxygen atoms in total. The number of aromatic hydroxyl groups is 2. The third kappa shape index (κ3) is 11.9. The second kappa shape index (κ2) is 22.5. The normalized spacial score (nSPS) is 25.5. The molecule has 0 aromatic heterocycles. The van der Waals surface area contributed by atoms with Gasteiger partial charge in [0, 0.05) is 67.9 Å². The van der Waals surface area contributed by atoms with Gasteiger partial charge in [-0.1, -0.05) is 102 Å². The topological polar surface area (TPSA) is 199 Å². The quantitative estimate of drug-likeness (QED) is 0.0633. The van der Waals surface area contributed by atoms with E-state index in [9.17, 15) is 34.5 Å². The number of phenolic OH excluding ortho intramolecular Hbond substituents is 2. The van der Waals surface area contributed by atoms with Gasteiger partial charge in [0.05, 0.1) is 29.5 Å². The number of hydrogen-bond donors (Lipinski definition) is 5. The van der Waals surface area contributed by atoms with Crippen molar-refractivity contribution in [3.8, 4) is 17.2 Å². The van der Waals surface area contributed by atoms with Gasteiger partial charge in [0.15, 0.2) is 17.2 Å². The number of ketones is 1. The Kier molecular flexibility index (Phi) is 17.0. The highest BCUT2D eigenvalue weighted by Crippen LogP contribution is 2.45. The molecule has 4 bridgehead atoms. The van der Waals surface area contributed by atoms with E-state index in [1.807, 2.05) is 70.2 Å². The van der Waals surface area contributed by atoms with Gasteiger partial charge in [-0.3, -0.25) is 29.2 Å². The molecule has 1 saturated heterocycles. The maximum absolute atomic E-state index is 14.7. The van der Waals surface area contributed by atoms with Gasteiger partial charge >= 0.3 is 5.97 Å². The number of esters is 1. The average molecular weight is 934 g/mol. The van der Waals surface area contributed by atoms with E-state index in [1.165, 1.54) is 7.11 Å². The van der Waals surface area contributed by atoms with E-state index in [2.05, 4.69) is 29.4 Å². The van der Waals surface area contributed by atoms with Crippen molar-refractivity contribution in [1.82, 2.24) is 10.2 Å². The Bertz CT molecular complexity index is 2580. The highest BCUT2D eigenvalue weighted by molar-refractivity contribution is 6.16. The Hall–Kier alpha value is -5.86. The van der Waals surface area contributed by atoms with E-state index in [1.54, 1.807) is 32.1 Å². The second-order valence-corrected chi connectivity index (χ2v) is 19.7. The van der Waals surface area contributed by atoms with Gasteiger partial charge in [-0.25, -0.2) is 0 Å². The number of amides is 2. The Morgan fingerprint density at radius 1 is 0.956 bits per heavy atom. The standard InChI is InChI=1S/C54H71N5O9/c1-31(2)30-59-26-23-54(24-27-59)57-45-43-42-39(60)21-14-13-17-33(4)51(68-41(62)29-40(61)55-25-22-38-19-11-10-12-20-38)36(7)48(63)35(6)28-32(3)16-15-18-34(5)53(66)56-47(46(45)58-54)50(65)44(43)49(64)37(8)52(42)67-9/h10-16,18-20,31-33,35-36,48,51,63-65H,17,21-30H2,1-9H3,(H,55,61)(H,56,66)/b14-13+,16-15+,34-18-/t32-,33+,35+,36+,48+,51+/m0/s1. The monoisotopic (exact) mass is 934 g/mol. The van der Waals surface area contributed by atoms with Gasteiger partial charge in [-0.05, 0) is 62.3 Å². The van der Waals surface area contributed by atoms with Gasteiger partial charge < -0.3 is 40.3 Å². The summed E-state index contributed by atoms with van der Waals surface area (Å²) in [6.45, 7) is 18.0. The number of anilines is 1. The Balaban J connectivity index is 1.38. The van der Waals surface area contributed by atoms with E-state index < -0.39 is 53.7 Å². The first-order chi connectivity index (χ1) is 32.3. The highest BCUT2D eigenvalue weighted by atomic mass is 16.5. The minimum absolute atomic E-state index is 0.00533. The zero-order chi connectivity index (χ0) is 49.4. The van der Waals surface area contributed by atoms with Gasteiger partial charge in [0.25, 0.3) is 5.91 Å². The number of aliphatic hydroxyl groups is 1. The van der Waals surface area contributed by atoms with Crippen molar-refractivity contribution >= 4 is 40.0 Å². The minimum Gasteiger partial charge on any atom is -0.507 e. The SMILES string of the molecule is COc1c(C)c(O)c2c(O)c3c4c(c2c1C(=O)C/C=C/C[C@@H](C)[C@@H](OC(=O)CC(=O)NCCc1ccccc1)[C@H](C)[C@H](O)[C@H](C)C[C@@H](C)/C=C/C=C(/C)C(=O)N3)=NC1(CCN(CC(C)C)CC1)N=4. The van der Waals surface area contributed by atoms with E-state index in [0.717, 1.165) is 25.2 Å². The third-order valence-electron chi connectivity index (χ3n) is 13.7. The maximum Gasteiger partial charge on any atom is 0.315 e. The fourth-order valence-corrected chi connectivity index (χ4v) is 9.96. The molecule has 0 radical (unpaired) electrons. The Morgan fingerprint density at radius 2 is 1.65 bits per heavy atom. The van der Waals surface area contributed by atoms with Gasteiger partial charge in [-0.2, -0.15) is 0 Å². The number of methoxy groups -OCH3 is 1. The predicted molar refractivity (Wildman–Crippen MR) is 263 cm³/mol. The van der Waals surface area contributed by atoms with Crippen molar-refractivity contribution in [1.29, 1.82) is 0 Å². The van der Waals surface area contributed by atoms with Crippen LogP contribution in [0.25, 0.3) is 10.8 Å². The Morgan fingerprint density at radius 3 is 2.32 bits per heavy atom. The van der Waals surface area contributed by atoms with Crippen molar-refractivity contribution in [3.63, 3.8) is 0 Å². The smallest absolute Gasteiger partial charge is 0.315 e. The molecule has 4 aliphatic rings. The number of fused-ring (bicyclic) bond motifs is 14. The van der Waals surface area contributed by atoms with E-state index in [0.29, 0.717) is 50.1 Å². The molecule has 4 heterocycles. The summed E-state index contributed by atoms with van der Waals surface area (Å²) in [5.74, 6) is -3.33. The van der Waals surface area contributed by atoms with Crippen LogP contribution >= 0.6 is 0 Å². The number of likely N-dealkylation sites (tertiary alicyclic amines) is 1. The van der Waals surface area contributed by atoms with Gasteiger partial charge in [-0.15, -0.1) is 0 Å². The maximum atomic E-state index is 14.7. The van der Waals surface area contributed by atoms with Crippen LogP contribution in [-0.2, 0) is 25.5 Å². The van der Waals surface area contributed by atoms with Crippen LogP contribution in [-0.4, -0.2) is 94.9 Å². The molecule has 7 rings (SSSR count). The first kappa shape index (κ1) is 51.5. The average Bonchev–Trinajstić information content (AvgIpc) is 3.67. The number of Topliss-reactive ketones (excluding diaryl/α,β-unsaturated/α-hetero) is 1. The summed E-state index contributed by atoms with van der Waals surface area (Å²) in [7, 11) is 1.41. The molecular weight excluding hydrogens is 863 g/mol. The number of aliphatic hydroxyl groups excluding tert-OH is 1. The van der Waals surface area contributed by atoms with Crippen LogP contribution in [0.5, 0.6) is 17.2 Å². The molecule has 0 unspecified atom stereocenters. The number of nitrogens with zero attached hydrogens (tertiary/aromatic N) is 3. The number of rotatable bonds is 9. The van der Waals surface area contributed by atoms with Crippen LogP contribution in [0.2, 0.25) is 0 Å². The number of carbonyl (C=O) groups is 4. The molecule has 1 spiro atoms. The molecule has 0 aliphatic carbocycles. The molecular formula is C54H71N5O9. The lowest BCUT2D eigenvalue weighted by molar-refractivity contribution is -0.160. The summed E-state index contributed by atoms with van der Waals surface area (Å²) in [6.07, 6.45) is 9.38. The summed E-state index contributed by atoms with van der Waals surface area (Å²) in [5.41, 5.74) is 0.787. The first-order valence-corrected chi connectivity index (χ1v) is 24.2. The van der Waals surface area contributed by atoms with E-state index in [4.69, 9.17) is 19.5 Å². The fraction of sp³-hybridized carbons (Fsp3) is 0.519. The minimum atomic E-state index is -0.928. The van der Waals surface area contributed by atoms with Crippen LogP contribution in [0.1, 0.15) is 108 Å². The molecule has 366 valence electrons. The number of benzene rings is 3. The van der Waals surface area contributed by atoms with Crippen molar-refractivity contribution in [3.05, 3.63) is 93.7 Å². The molecule has 68 heavy (non-hydrogen) atoms. The summed E-state index contributed by atoms with van der Waals surface area (Å²) in [4.78, 5) is 67.7. The molecule has 4 aliphatic heterocycles. The Labute approximate surface area is 400 Å². The molecule has 6 atom stereocenters. The van der Waals surface area contributed by atoms with E-state index in [-0.39, 0.29) is 79.8 Å². The summed E-state index contributed by atoms with van der Waals surface area (Å²) in [5, 5.41) is 42.1. The number of ether oxygens (including phenoxy) is 2. The van der Waals surface area contributed by atoms with Crippen molar-refractivity contribution in [2.24, 2.45) is 39.6 Å². The van der Waals surface area contributed by atoms with Crippen molar-refractivity contribution in [2.75, 3.05) is 38.6 Å². The molecule has 3 aromatic rings. The van der Waals surface area contributed by atoms with Crippen LogP contribution < -0.4 is 26.1 Å². The van der Waals surface area contributed by atoms with Crippen LogP contribution in [0, 0.1) is 36.5 Å². The lowest BCUT2D eigenvalue weighted by Gasteiger charge is -2.36. The number of allylic oxidation sites excluding steroid dienone is 5. The second-order valence-electron chi connectivity index (χ2n) is 19.7. The number of phenols is 2. The van der Waals surface area contributed by atoms with Crippen molar-refractivity contribution < 1.29 is 44.0 Å². The zero-order valence-electron chi connectivity index (χ0n) is 41.2. The fourth-order valence-electron chi connectivity index (χ4n) is 9.96. The number of piperidine rings is 1. The summed E-state index contributed by atoms with van der Waals surface area (Å²) >= 11 is 0. The van der Waals surface area contributed by atoms with Crippen LogP contribution in [0.4, 0.5) is 5.69 Å². The van der Waals surface area contributed by atoms with Crippen molar-refractivity contribution in [2.45, 2.75) is 118 Å². The van der Waals surface area contributed by atoms with E-state index >= 15 is 0 Å². The van der Waals surface area contributed by atoms with Crippen LogP contribution in [0.3, 0.4) is 0 Å². The number of nitrogens with one attached hydrogen (secondary N) is 2. The molecule has 1 fully saturated rings. The predicted octanol–water partition coefficient (Wildman–Crippen LogP) is 7.20. The molecule has 0 saturated carbocycles. The first-order valence-electron chi connectivity index (χ1n) is 24.2. The molecule has 5 N–H and O–H groups in total. The number of hydrogen-bond acceptors (Lipinski definition) is 12. The highest BCUT2D eigenvalue weighted by Gasteiger charge is 2.40. The lowest BCUT2D eigenvalue weighted by Crippen LogP contribution is -2.43. The van der Waals surface area contributed by atoms with Gasteiger partial charge in [0.1, 0.15) is 35.1 Å². The lowest BCUT2D eigenvalue weighted by atomic mass is 9.80. The number of carbonyl (C=O) groups excluding carboxylic acids is 4. The summed E-state index contributed by atoms with van der Waals surface area (Å²) in [6, 6.07) is 9.72. The third-order valence-corrected chi connectivity index (χ3v) is 13.7.